The van der Waals surface area contributed by atoms with Gasteiger partial charge in [-0.25, -0.2) is 4.79 Å². The Morgan fingerprint density at radius 3 is 2.62 bits per heavy atom. The highest BCUT2D eigenvalue weighted by atomic mass is 32.2. The van der Waals surface area contributed by atoms with Crippen LogP contribution in [-0.4, -0.2) is 46.6 Å². The summed E-state index contributed by atoms with van der Waals surface area (Å²) >= 11 is 2.78. The van der Waals surface area contributed by atoms with Crippen molar-refractivity contribution in [2.75, 3.05) is 25.3 Å². The number of thioether (sulfide) groups is 1. The summed E-state index contributed by atoms with van der Waals surface area (Å²) in [5, 5.41) is 12.8. The fourth-order valence-electron chi connectivity index (χ4n) is 4.37. The van der Waals surface area contributed by atoms with Gasteiger partial charge in [-0.1, -0.05) is 18.7 Å². The first kappa shape index (κ1) is 27.0. The van der Waals surface area contributed by atoms with Gasteiger partial charge in [-0.15, -0.1) is 21.5 Å². The summed E-state index contributed by atoms with van der Waals surface area (Å²) in [6.45, 7) is 6.74. The van der Waals surface area contributed by atoms with Crippen LogP contribution in [0.4, 0.5) is 5.00 Å². The lowest BCUT2D eigenvalue weighted by Crippen LogP contribution is -2.17. The number of nitrogens with zero attached hydrogens (tertiary/aromatic N) is 3. The highest BCUT2D eigenvalue weighted by Gasteiger charge is 2.29. The lowest BCUT2D eigenvalue weighted by molar-refractivity contribution is -0.113. The average Bonchev–Trinajstić information content (AvgIpc) is 3.47. The van der Waals surface area contributed by atoms with E-state index in [1.54, 1.807) is 7.11 Å². The molecule has 2 unspecified atom stereocenters. The van der Waals surface area contributed by atoms with Crippen molar-refractivity contribution in [1.82, 2.24) is 14.8 Å². The highest BCUT2D eigenvalue weighted by molar-refractivity contribution is 7.99. The number of aromatic nitrogens is 3. The van der Waals surface area contributed by atoms with Crippen LogP contribution in [0.1, 0.15) is 59.9 Å². The number of ether oxygens (including phenoxy) is 3. The fourth-order valence-corrected chi connectivity index (χ4v) is 6.59. The molecule has 1 aromatic carbocycles. The molecule has 2 aromatic heterocycles. The number of fused-ring (bicyclic) bond motifs is 1. The zero-order chi connectivity index (χ0) is 26.5. The maximum Gasteiger partial charge on any atom is 0.341 e. The van der Waals surface area contributed by atoms with E-state index >= 15 is 0 Å². The summed E-state index contributed by atoms with van der Waals surface area (Å²) < 4.78 is 18.2. The predicted octanol–water partition coefficient (Wildman–Crippen LogP) is 5.15. The number of hydrogen-bond acceptors (Lipinski definition) is 9. The Balaban J connectivity index is 1.42. The number of anilines is 1. The number of carbonyl (C=O) groups is 2. The number of nitrogens with one attached hydrogen (secondary N) is 1. The van der Waals surface area contributed by atoms with Crippen molar-refractivity contribution in [3.8, 4) is 11.5 Å². The molecule has 0 bridgehead atoms. The van der Waals surface area contributed by atoms with Crippen LogP contribution in [0.25, 0.3) is 0 Å². The first-order chi connectivity index (χ1) is 17.8. The van der Waals surface area contributed by atoms with Crippen LogP contribution in [0, 0.1) is 5.92 Å². The maximum atomic E-state index is 12.9. The Bertz CT molecular complexity index is 1250. The van der Waals surface area contributed by atoms with Crippen molar-refractivity contribution in [2.45, 2.75) is 57.8 Å². The smallest absolute Gasteiger partial charge is 0.341 e. The van der Waals surface area contributed by atoms with Gasteiger partial charge in [0.05, 0.1) is 25.5 Å². The molecule has 0 aliphatic heterocycles. The second-order valence-electron chi connectivity index (χ2n) is 8.90. The van der Waals surface area contributed by atoms with Gasteiger partial charge < -0.3 is 24.1 Å². The van der Waals surface area contributed by atoms with E-state index in [0.29, 0.717) is 39.8 Å². The largest absolute Gasteiger partial charge is 0.497 e. The predicted molar refractivity (Wildman–Crippen MR) is 144 cm³/mol. The second kappa shape index (κ2) is 12.0. The van der Waals surface area contributed by atoms with Gasteiger partial charge in [0, 0.05) is 11.4 Å². The molecule has 2 heterocycles. The summed E-state index contributed by atoms with van der Waals surface area (Å²) in [6, 6.07) is 7.35. The molecule has 0 spiro atoms. The lowest BCUT2D eigenvalue weighted by Gasteiger charge is -2.18. The van der Waals surface area contributed by atoms with Gasteiger partial charge in [-0.3, -0.25) is 4.79 Å². The fraction of sp³-hybridized carbons (Fsp3) is 0.462. The van der Waals surface area contributed by atoms with Gasteiger partial charge in [-0.05, 0) is 68.9 Å². The van der Waals surface area contributed by atoms with E-state index in [1.807, 2.05) is 42.7 Å². The number of amides is 1. The molecular weight excluding hydrogens is 512 g/mol. The highest BCUT2D eigenvalue weighted by Crippen LogP contribution is 2.40. The molecule has 11 heteroatoms. The van der Waals surface area contributed by atoms with Crippen LogP contribution < -0.4 is 14.8 Å². The van der Waals surface area contributed by atoms with Crippen LogP contribution in [0.15, 0.2) is 29.4 Å². The SMILES string of the molecule is CCn1c(SCC(=O)Nc2sc3c(c2C(=O)OC)CCC(C)C3)nnc1C(C)Oc1ccc(OC)cc1. The van der Waals surface area contributed by atoms with E-state index in [0.717, 1.165) is 35.5 Å². The van der Waals surface area contributed by atoms with Crippen molar-refractivity contribution in [2.24, 2.45) is 5.92 Å². The van der Waals surface area contributed by atoms with Gasteiger partial charge in [0.25, 0.3) is 0 Å². The average molecular weight is 545 g/mol. The summed E-state index contributed by atoms with van der Waals surface area (Å²) in [7, 11) is 2.99. The van der Waals surface area contributed by atoms with E-state index in [9.17, 15) is 9.59 Å². The van der Waals surface area contributed by atoms with Crippen molar-refractivity contribution in [3.05, 3.63) is 46.1 Å². The van der Waals surface area contributed by atoms with E-state index in [2.05, 4.69) is 22.4 Å². The lowest BCUT2D eigenvalue weighted by atomic mass is 9.88. The zero-order valence-electron chi connectivity index (χ0n) is 21.7. The minimum atomic E-state index is -0.406. The molecule has 2 atom stereocenters. The first-order valence-electron chi connectivity index (χ1n) is 12.2. The maximum absolute atomic E-state index is 12.9. The third-order valence-electron chi connectivity index (χ3n) is 6.28. The normalized spacial score (nSPS) is 15.5. The van der Waals surface area contributed by atoms with E-state index in [1.165, 1.54) is 30.2 Å². The molecule has 9 nitrogen and oxygen atoms in total. The topological polar surface area (TPSA) is 105 Å². The molecule has 0 saturated heterocycles. The summed E-state index contributed by atoms with van der Waals surface area (Å²) in [5.41, 5.74) is 1.51. The number of methoxy groups -OCH3 is 2. The summed E-state index contributed by atoms with van der Waals surface area (Å²) in [6.07, 6.45) is 2.41. The summed E-state index contributed by atoms with van der Waals surface area (Å²) in [5.74, 6) is 2.20. The molecule has 0 fully saturated rings. The molecule has 3 aromatic rings. The van der Waals surface area contributed by atoms with Crippen molar-refractivity contribution < 1.29 is 23.8 Å². The van der Waals surface area contributed by atoms with Crippen molar-refractivity contribution >= 4 is 40.0 Å². The molecule has 1 aliphatic carbocycles. The third kappa shape index (κ3) is 6.10. The van der Waals surface area contributed by atoms with Gasteiger partial charge in [-0.2, -0.15) is 0 Å². The van der Waals surface area contributed by atoms with Gasteiger partial charge in [0.15, 0.2) is 17.1 Å². The van der Waals surface area contributed by atoms with Crippen LogP contribution in [0.3, 0.4) is 0 Å². The minimum Gasteiger partial charge on any atom is -0.497 e. The van der Waals surface area contributed by atoms with Crippen LogP contribution in [0.5, 0.6) is 11.5 Å². The zero-order valence-corrected chi connectivity index (χ0v) is 23.3. The quantitative estimate of drug-likeness (QED) is 0.276. The first-order valence-corrected chi connectivity index (χ1v) is 14.0. The molecule has 1 amide bonds. The van der Waals surface area contributed by atoms with Crippen LogP contribution in [0.2, 0.25) is 0 Å². The van der Waals surface area contributed by atoms with Crippen LogP contribution in [-0.2, 0) is 28.9 Å². The number of thiophene rings is 1. The van der Waals surface area contributed by atoms with Gasteiger partial charge in [0.1, 0.15) is 16.5 Å². The number of rotatable bonds is 10. The minimum absolute atomic E-state index is 0.130. The van der Waals surface area contributed by atoms with E-state index < -0.39 is 5.97 Å². The molecule has 1 N–H and O–H groups in total. The summed E-state index contributed by atoms with van der Waals surface area (Å²) in [4.78, 5) is 26.6. The number of esters is 1. The van der Waals surface area contributed by atoms with Gasteiger partial charge >= 0.3 is 5.97 Å². The van der Waals surface area contributed by atoms with Crippen molar-refractivity contribution in [1.29, 1.82) is 0 Å². The third-order valence-corrected chi connectivity index (χ3v) is 8.42. The molecule has 0 saturated carbocycles. The molecule has 37 heavy (non-hydrogen) atoms. The Hall–Kier alpha value is -3.05. The molecule has 0 radical (unpaired) electrons. The molecular formula is C26H32N4O5S2. The molecule has 198 valence electrons. The molecule has 4 rings (SSSR count). The Morgan fingerprint density at radius 1 is 1.22 bits per heavy atom. The monoisotopic (exact) mass is 544 g/mol. The Morgan fingerprint density at radius 2 is 1.95 bits per heavy atom. The van der Waals surface area contributed by atoms with E-state index in [-0.39, 0.29) is 17.8 Å². The Labute approximate surface area is 224 Å². The van der Waals surface area contributed by atoms with Gasteiger partial charge in [0.2, 0.25) is 5.91 Å². The standard InChI is InChI=1S/C26H32N4O5S2/c1-6-30-23(16(3)35-18-10-8-17(33-4)9-11-18)28-29-26(30)36-14-21(31)27-24-22(25(32)34-5)19-12-7-15(2)13-20(19)37-24/h8-11,15-16H,6-7,12-14H2,1-5H3,(H,27,31). The number of hydrogen-bond donors (Lipinski definition) is 1. The van der Waals surface area contributed by atoms with Crippen LogP contribution >= 0.6 is 23.1 Å². The second-order valence-corrected chi connectivity index (χ2v) is 11.0. The number of benzene rings is 1. The van der Waals surface area contributed by atoms with Crippen molar-refractivity contribution in [3.63, 3.8) is 0 Å². The van der Waals surface area contributed by atoms with E-state index in [4.69, 9.17) is 14.2 Å². The Kier molecular flexibility index (Phi) is 8.75. The molecule has 1 aliphatic rings. The number of carbonyl (C=O) groups excluding carboxylic acids is 2.